The number of hydrogen-bond donors (Lipinski definition) is 2. The lowest BCUT2D eigenvalue weighted by molar-refractivity contribution is -0.0263. The fourth-order valence-corrected chi connectivity index (χ4v) is 1.85. The zero-order valence-electron chi connectivity index (χ0n) is 10.9. The van der Waals surface area contributed by atoms with Gasteiger partial charge in [-0.15, -0.1) is 0 Å². The lowest BCUT2D eigenvalue weighted by Gasteiger charge is -2.27. The van der Waals surface area contributed by atoms with Crippen molar-refractivity contribution in [1.82, 2.24) is 4.90 Å². The van der Waals surface area contributed by atoms with Gasteiger partial charge in [0, 0.05) is 13.1 Å². The molecule has 1 amide bonds. The topological polar surface area (TPSA) is 70.0 Å². The maximum atomic E-state index is 11.8. The van der Waals surface area contributed by atoms with Crippen LogP contribution in [-0.2, 0) is 4.74 Å². The van der Waals surface area contributed by atoms with Gasteiger partial charge in [0.05, 0.1) is 12.2 Å². The number of amides is 1. The molecule has 1 fully saturated rings. The third kappa shape index (κ3) is 4.52. The maximum absolute atomic E-state index is 11.8. The van der Waals surface area contributed by atoms with Crippen LogP contribution in [0.5, 0.6) is 0 Å². The van der Waals surface area contributed by atoms with Gasteiger partial charge in [0.1, 0.15) is 5.60 Å². The van der Waals surface area contributed by atoms with Crippen LogP contribution in [0.25, 0.3) is 0 Å². The van der Waals surface area contributed by atoms with Gasteiger partial charge in [-0.05, 0) is 40.0 Å². The van der Waals surface area contributed by atoms with Crippen LogP contribution >= 0.6 is 0 Å². The standard InChI is InChI=1S/C12H23NO4/c1-11(2,3)17-10(15)13-7-4-5-12(16,9-14)6-8-13/h14,16H,4-9H2,1-3H3. The molecule has 0 spiro atoms. The average molecular weight is 245 g/mol. The Balaban J connectivity index is 2.54. The first kappa shape index (κ1) is 14.3. The SMILES string of the molecule is CC(C)(C)OC(=O)N1CCCC(O)(CO)CC1. The first-order chi connectivity index (χ1) is 7.76. The number of nitrogens with zero attached hydrogens (tertiary/aromatic N) is 1. The van der Waals surface area contributed by atoms with Crippen LogP contribution in [0.2, 0.25) is 0 Å². The van der Waals surface area contributed by atoms with Crippen molar-refractivity contribution < 1.29 is 19.7 Å². The Labute approximate surface area is 102 Å². The Morgan fingerprint density at radius 1 is 1.35 bits per heavy atom. The first-order valence-corrected chi connectivity index (χ1v) is 6.07. The molecule has 1 unspecified atom stereocenters. The molecule has 1 heterocycles. The van der Waals surface area contributed by atoms with Gasteiger partial charge in [-0.1, -0.05) is 0 Å². The fraction of sp³-hybridized carbons (Fsp3) is 0.917. The molecular formula is C12H23NO4. The van der Waals surface area contributed by atoms with Crippen LogP contribution in [0.1, 0.15) is 40.0 Å². The molecule has 5 nitrogen and oxygen atoms in total. The molecule has 1 atom stereocenters. The summed E-state index contributed by atoms with van der Waals surface area (Å²) in [6.45, 7) is 6.21. The molecule has 0 aromatic rings. The summed E-state index contributed by atoms with van der Waals surface area (Å²) >= 11 is 0. The van der Waals surface area contributed by atoms with E-state index in [1.807, 2.05) is 20.8 Å². The molecule has 0 saturated carbocycles. The van der Waals surface area contributed by atoms with Gasteiger partial charge in [-0.2, -0.15) is 0 Å². The Hall–Kier alpha value is -0.810. The van der Waals surface area contributed by atoms with Crippen molar-refractivity contribution in [2.24, 2.45) is 0 Å². The van der Waals surface area contributed by atoms with Crippen LogP contribution in [0.4, 0.5) is 4.79 Å². The van der Waals surface area contributed by atoms with E-state index in [0.717, 1.165) is 0 Å². The number of rotatable bonds is 1. The number of aliphatic hydroxyl groups is 2. The highest BCUT2D eigenvalue weighted by molar-refractivity contribution is 5.68. The smallest absolute Gasteiger partial charge is 0.410 e. The lowest BCUT2D eigenvalue weighted by atomic mass is 9.96. The van der Waals surface area contributed by atoms with Crippen molar-refractivity contribution in [3.8, 4) is 0 Å². The largest absolute Gasteiger partial charge is 0.444 e. The molecule has 2 N–H and O–H groups in total. The number of carbonyl (C=O) groups excluding carboxylic acids is 1. The van der Waals surface area contributed by atoms with Crippen molar-refractivity contribution in [2.75, 3.05) is 19.7 Å². The summed E-state index contributed by atoms with van der Waals surface area (Å²) in [5.74, 6) is 0. The minimum Gasteiger partial charge on any atom is -0.444 e. The van der Waals surface area contributed by atoms with Gasteiger partial charge in [0.2, 0.25) is 0 Å². The monoisotopic (exact) mass is 245 g/mol. The second kappa shape index (κ2) is 5.23. The van der Waals surface area contributed by atoms with E-state index in [1.165, 1.54) is 0 Å². The summed E-state index contributed by atoms with van der Waals surface area (Å²) in [5, 5.41) is 19.1. The molecule has 0 bridgehead atoms. The molecule has 1 aliphatic rings. The highest BCUT2D eigenvalue weighted by Crippen LogP contribution is 2.22. The van der Waals surface area contributed by atoms with E-state index < -0.39 is 11.2 Å². The lowest BCUT2D eigenvalue weighted by Crippen LogP contribution is -2.39. The van der Waals surface area contributed by atoms with Crippen LogP contribution in [0, 0.1) is 0 Å². The zero-order valence-corrected chi connectivity index (χ0v) is 10.9. The van der Waals surface area contributed by atoms with Gasteiger partial charge in [0.25, 0.3) is 0 Å². The maximum Gasteiger partial charge on any atom is 0.410 e. The van der Waals surface area contributed by atoms with Gasteiger partial charge in [-0.25, -0.2) is 4.79 Å². The summed E-state index contributed by atoms with van der Waals surface area (Å²) in [5.41, 5.74) is -1.55. The van der Waals surface area contributed by atoms with Crippen LogP contribution in [-0.4, -0.2) is 52.1 Å². The molecule has 17 heavy (non-hydrogen) atoms. The summed E-state index contributed by atoms with van der Waals surface area (Å²) in [6.07, 6.45) is 1.24. The Bertz CT molecular complexity index is 274. The molecule has 0 radical (unpaired) electrons. The molecule has 100 valence electrons. The molecule has 1 aliphatic heterocycles. The van der Waals surface area contributed by atoms with E-state index in [4.69, 9.17) is 9.84 Å². The predicted octanol–water partition coefficient (Wildman–Crippen LogP) is 1.13. The number of likely N-dealkylation sites (tertiary alicyclic amines) is 1. The number of carbonyl (C=O) groups is 1. The third-order valence-corrected chi connectivity index (χ3v) is 2.86. The van der Waals surface area contributed by atoms with Gasteiger partial charge < -0.3 is 19.8 Å². The Morgan fingerprint density at radius 3 is 2.53 bits per heavy atom. The highest BCUT2D eigenvalue weighted by atomic mass is 16.6. The normalized spacial score (nSPS) is 26.5. The van der Waals surface area contributed by atoms with Crippen molar-refractivity contribution >= 4 is 6.09 Å². The summed E-state index contributed by atoms with van der Waals surface area (Å²) in [4.78, 5) is 13.4. The van der Waals surface area contributed by atoms with E-state index in [0.29, 0.717) is 32.4 Å². The second-order valence-corrected chi connectivity index (χ2v) is 5.70. The average Bonchev–Trinajstić information content (AvgIpc) is 2.39. The predicted molar refractivity (Wildman–Crippen MR) is 63.7 cm³/mol. The van der Waals surface area contributed by atoms with E-state index in [-0.39, 0.29) is 12.7 Å². The van der Waals surface area contributed by atoms with E-state index in [9.17, 15) is 9.90 Å². The molecular weight excluding hydrogens is 222 g/mol. The van der Waals surface area contributed by atoms with Crippen molar-refractivity contribution in [2.45, 2.75) is 51.2 Å². The van der Waals surface area contributed by atoms with E-state index in [1.54, 1.807) is 4.90 Å². The minimum absolute atomic E-state index is 0.255. The molecule has 0 aliphatic carbocycles. The Kier molecular flexibility index (Phi) is 4.38. The second-order valence-electron chi connectivity index (χ2n) is 5.70. The van der Waals surface area contributed by atoms with Crippen LogP contribution in [0.3, 0.4) is 0 Å². The van der Waals surface area contributed by atoms with E-state index >= 15 is 0 Å². The highest BCUT2D eigenvalue weighted by Gasteiger charge is 2.32. The number of aliphatic hydroxyl groups excluding tert-OH is 1. The first-order valence-electron chi connectivity index (χ1n) is 6.07. The van der Waals surface area contributed by atoms with Gasteiger partial charge in [0.15, 0.2) is 0 Å². The third-order valence-electron chi connectivity index (χ3n) is 2.86. The van der Waals surface area contributed by atoms with Crippen molar-refractivity contribution in [1.29, 1.82) is 0 Å². The number of ether oxygens (including phenoxy) is 1. The molecule has 1 rings (SSSR count). The quantitative estimate of drug-likeness (QED) is 0.726. The Morgan fingerprint density at radius 2 is 2.00 bits per heavy atom. The molecule has 5 heteroatoms. The minimum atomic E-state index is -1.04. The van der Waals surface area contributed by atoms with Gasteiger partial charge in [-0.3, -0.25) is 0 Å². The van der Waals surface area contributed by atoms with Crippen molar-refractivity contribution in [3.05, 3.63) is 0 Å². The molecule has 1 saturated heterocycles. The summed E-state index contributed by atoms with van der Waals surface area (Å²) in [6, 6.07) is 0. The van der Waals surface area contributed by atoms with Crippen molar-refractivity contribution in [3.63, 3.8) is 0 Å². The summed E-state index contributed by atoms with van der Waals surface area (Å²) < 4.78 is 5.28. The zero-order chi connectivity index (χ0) is 13.1. The molecule has 0 aromatic carbocycles. The number of hydrogen-bond acceptors (Lipinski definition) is 4. The summed E-state index contributed by atoms with van der Waals surface area (Å²) in [7, 11) is 0. The molecule has 0 aromatic heterocycles. The van der Waals surface area contributed by atoms with Gasteiger partial charge >= 0.3 is 6.09 Å². The fourth-order valence-electron chi connectivity index (χ4n) is 1.85. The van der Waals surface area contributed by atoms with E-state index in [2.05, 4.69) is 0 Å². The van der Waals surface area contributed by atoms with Crippen LogP contribution < -0.4 is 0 Å². The van der Waals surface area contributed by atoms with Crippen LogP contribution in [0.15, 0.2) is 0 Å².